The van der Waals surface area contributed by atoms with Crippen molar-refractivity contribution in [2.75, 3.05) is 0 Å². The second kappa shape index (κ2) is 4.70. The quantitative estimate of drug-likeness (QED) is 0.594. The summed E-state index contributed by atoms with van der Waals surface area (Å²) in [7, 11) is 0. The minimum Gasteiger partial charge on any atom is -0.393 e. The van der Waals surface area contributed by atoms with Gasteiger partial charge in [-0.2, -0.15) is 0 Å². The maximum Gasteiger partial charge on any atom is 0.317 e. The molecule has 1 aromatic carbocycles. The molecule has 1 aliphatic heterocycles. The average Bonchev–Trinajstić information content (AvgIpc) is 2.57. The van der Waals surface area contributed by atoms with Crippen LogP contribution in [0, 0.1) is 11.8 Å². The van der Waals surface area contributed by atoms with Gasteiger partial charge in [0.25, 0.3) is 0 Å². The van der Waals surface area contributed by atoms with Crippen LogP contribution in [-0.2, 0) is 14.3 Å². The molecule has 0 saturated carbocycles. The van der Waals surface area contributed by atoms with Gasteiger partial charge in [0.2, 0.25) is 0 Å². The minimum absolute atomic E-state index is 0.252. The third kappa shape index (κ3) is 2.38. The summed E-state index contributed by atoms with van der Waals surface area (Å²) in [5.74, 6) is -1.11. The van der Waals surface area contributed by atoms with Crippen molar-refractivity contribution in [1.29, 1.82) is 0 Å². The van der Waals surface area contributed by atoms with Gasteiger partial charge in [-0.1, -0.05) is 44.2 Å². The number of benzene rings is 1. The van der Waals surface area contributed by atoms with E-state index in [0.29, 0.717) is 6.42 Å². The highest BCUT2D eigenvalue weighted by Crippen LogP contribution is 2.32. The number of carbonyl (C=O) groups excluding carboxylic acids is 2. The zero-order chi connectivity index (χ0) is 12.4. The van der Waals surface area contributed by atoms with Gasteiger partial charge in [-0.05, 0) is 17.9 Å². The topological polar surface area (TPSA) is 43.4 Å². The summed E-state index contributed by atoms with van der Waals surface area (Å²) in [6, 6.07) is 10.0. The molecule has 2 rings (SSSR count). The van der Waals surface area contributed by atoms with Gasteiger partial charge in [0.15, 0.2) is 0 Å². The Bertz CT molecular complexity index is 424. The molecule has 2 unspecified atom stereocenters. The maximum atomic E-state index is 11.5. The number of rotatable bonds is 3. The summed E-state index contributed by atoms with van der Waals surface area (Å²) in [5, 5.41) is 0. The van der Waals surface area contributed by atoms with Gasteiger partial charge in [0.1, 0.15) is 0 Å². The Kier molecular flexibility index (Phi) is 3.27. The highest BCUT2D eigenvalue weighted by Gasteiger charge is 2.41. The smallest absolute Gasteiger partial charge is 0.317 e. The molecule has 0 aromatic heterocycles. The lowest BCUT2D eigenvalue weighted by atomic mass is 9.85. The zero-order valence-electron chi connectivity index (χ0n) is 10.1. The molecular weight excluding hydrogens is 216 g/mol. The molecular formula is C14H16O3. The lowest BCUT2D eigenvalue weighted by Gasteiger charge is -2.16. The summed E-state index contributed by atoms with van der Waals surface area (Å²) < 4.78 is 4.64. The number of carbonyl (C=O) groups is 2. The molecule has 0 radical (unpaired) electrons. The lowest BCUT2D eigenvalue weighted by Crippen LogP contribution is -2.17. The van der Waals surface area contributed by atoms with Crippen molar-refractivity contribution in [2.45, 2.75) is 26.2 Å². The molecule has 0 aliphatic carbocycles. The van der Waals surface area contributed by atoms with E-state index in [2.05, 4.69) is 11.7 Å². The summed E-state index contributed by atoms with van der Waals surface area (Å²) in [5.41, 5.74) is 1.19. The Hall–Kier alpha value is -1.64. The third-order valence-corrected chi connectivity index (χ3v) is 3.46. The van der Waals surface area contributed by atoms with Crippen molar-refractivity contribution in [2.24, 2.45) is 11.8 Å². The van der Waals surface area contributed by atoms with Crippen molar-refractivity contribution in [1.82, 2.24) is 0 Å². The predicted octanol–water partition coefficient (Wildman–Crippen LogP) is 2.52. The second-order valence-corrected chi connectivity index (χ2v) is 4.68. The van der Waals surface area contributed by atoms with Crippen LogP contribution in [0.4, 0.5) is 0 Å². The highest BCUT2D eigenvalue weighted by molar-refractivity contribution is 5.96. The summed E-state index contributed by atoms with van der Waals surface area (Å²) in [6.45, 7) is 3.83. The summed E-state index contributed by atoms with van der Waals surface area (Å²) >= 11 is 0. The molecule has 1 aliphatic rings. The Morgan fingerprint density at radius 1 is 1.18 bits per heavy atom. The van der Waals surface area contributed by atoms with Crippen molar-refractivity contribution in [3.63, 3.8) is 0 Å². The molecule has 3 atom stereocenters. The van der Waals surface area contributed by atoms with E-state index in [1.54, 1.807) is 6.92 Å². The van der Waals surface area contributed by atoms with Crippen LogP contribution in [0.15, 0.2) is 30.3 Å². The first-order valence-electron chi connectivity index (χ1n) is 5.90. The Balaban J connectivity index is 2.07. The molecule has 0 bridgehead atoms. The molecule has 0 amide bonds. The molecule has 17 heavy (non-hydrogen) atoms. The standard InChI is InChI=1S/C14H16O3/c1-9(11-6-4-3-5-7-11)8-12-10(2)13(15)17-14(12)16/h3-7,9-10,12H,8H2,1-2H3/t9?,10-,12?/m1/s1. The second-order valence-electron chi connectivity index (χ2n) is 4.68. The van der Waals surface area contributed by atoms with Crippen LogP contribution in [-0.4, -0.2) is 11.9 Å². The summed E-state index contributed by atoms with van der Waals surface area (Å²) in [6.07, 6.45) is 0.662. The molecule has 1 heterocycles. The van der Waals surface area contributed by atoms with E-state index >= 15 is 0 Å². The number of cyclic esters (lactones) is 2. The van der Waals surface area contributed by atoms with Gasteiger partial charge < -0.3 is 4.74 Å². The molecule has 3 heteroatoms. The normalized spacial score (nSPS) is 25.8. The molecule has 3 nitrogen and oxygen atoms in total. The van der Waals surface area contributed by atoms with Gasteiger partial charge in [-0.25, -0.2) is 0 Å². The fraction of sp³-hybridized carbons (Fsp3) is 0.429. The van der Waals surface area contributed by atoms with E-state index < -0.39 is 0 Å². The zero-order valence-corrected chi connectivity index (χ0v) is 10.1. The van der Waals surface area contributed by atoms with Crippen molar-refractivity contribution in [3.05, 3.63) is 35.9 Å². The van der Waals surface area contributed by atoms with E-state index in [1.165, 1.54) is 5.56 Å². The van der Waals surface area contributed by atoms with Crippen molar-refractivity contribution < 1.29 is 14.3 Å². The van der Waals surface area contributed by atoms with Crippen LogP contribution in [0.3, 0.4) is 0 Å². The van der Waals surface area contributed by atoms with Crippen molar-refractivity contribution in [3.8, 4) is 0 Å². The number of hydrogen-bond donors (Lipinski definition) is 0. The van der Waals surface area contributed by atoms with Gasteiger partial charge >= 0.3 is 11.9 Å². The van der Waals surface area contributed by atoms with Crippen LogP contribution in [0.2, 0.25) is 0 Å². The van der Waals surface area contributed by atoms with E-state index in [1.807, 2.05) is 30.3 Å². The SMILES string of the molecule is CC(CC1C(=O)OC(=O)[C@@H]1C)c1ccccc1. The molecule has 1 aromatic rings. The number of esters is 2. The van der Waals surface area contributed by atoms with Crippen LogP contribution < -0.4 is 0 Å². The number of hydrogen-bond acceptors (Lipinski definition) is 3. The molecule has 1 fully saturated rings. The lowest BCUT2D eigenvalue weighted by molar-refractivity contribution is -0.153. The van der Waals surface area contributed by atoms with Crippen molar-refractivity contribution >= 4 is 11.9 Å². The van der Waals surface area contributed by atoms with Gasteiger partial charge in [0, 0.05) is 0 Å². The highest BCUT2D eigenvalue weighted by atomic mass is 16.6. The van der Waals surface area contributed by atoms with Crippen LogP contribution in [0.5, 0.6) is 0 Å². The fourth-order valence-electron chi connectivity index (χ4n) is 2.24. The Morgan fingerprint density at radius 3 is 2.35 bits per heavy atom. The predicted molar refractivity (Wildman–Crippen MR) is 63.2 cm³/mol. The molecule has 0 spiro atoms. The van der Waals surface area contributed by atoms with Crippen LogP contribution in [0.25, 0.3) is 0 Å². The fourth-order valence-corrected chi connectivity index (χ4v) is 2.24. The van der Waals surface area contributed by atoms with E-state index in [4.69, 9.17) is 0 Å². The number of ether oxygens (including phenoxy) is 1. The van der Waals surface area contributed by atoms with Gasteiger partial charge in [-0.15, -0.1) is 0 Å². The van der Waals surface area contributed by atoms with Gasteiger partial charge in [-0.3, -0.25) is 9.59 Å². The third-order valence-electron chi connectivity index (χ3n) is 3.46. The Labute approximate surface area is 101 Å². The molecule has 1 saturated heterocycles. The maximum absolute atomic E-state index is 11.5. The Morgan fingerprint density at radius 2 is 1.82 bits per heavy atom. The van der Waals surface area contributed by atoms with E-state index in [-0.39, 0.29) is 29.7 Å². The van der Waals surface area contributed by atoms with E-state index in [9.17, 15) is 9.59 Å². The first-order valence-corrected chi connectivity index (χ1v) is 5.90. The average molecular weight is 232 g/mol. The first kappa shape index (κ1) is 11.8. The van der Waals surface area contributed by atoms with E-state index in [0.717, 1.165) is 0 Å². The monoisotopic (exact) mass is 232 g/mol. The molecule has 0 N–H and O–H groups in total. The summed E-state index contributed by atoms with van der Waals surface area (Å²) in [4.78, 5) is 22.8. The van der Waals surface area contributed by atoms with Crippen LogP contribution >= 0.6 is 0 Å². The van der Waals surface area contributed by atoms with Gasteiger partial charge in [0.05, 0.1) is 11.8 Å². The minimum atomic E-state index is -0.389. The first-order chi connectivity index (χ1) is 8.09. The largest absolute Gasteiger partial charge is 0.393 e. The molecule has 90 valence electrons. The van der Waals surface area contributed by atoms with Crippen LogP contribution in [0.1, 0.15) is 31.7 Å².